The van der Waals surface area contributed by atoms with E-state index in [1.54, 1.807) is 33.9 Å². The van der Waals surface area contributed by atoms with Crippen molar-refractivity contribution >= 4 is 23.1 Å². The second-order valence-electron chi connectivity index (χ2n) is 7.65. The first kappa shape index (κ1) is 22.7. The van der Waals surface area contributed by atoms with Crippen LogP contribution in [0.1, 0.15) is 29.8 Å². The number of rotatable bonds is 6. The highest BCUT2D eigenvalue weighted by atomic mass is 32.1. The van der Waals surface area contributed by atoms with Crippen LogP contribution in [0.2, 0.25) is 0 Å². The molecule has 33 heavy (non-hydrogen) atoms. The monoisotopic (exact) mass is 471 g/mol. The molecule has 1 unspecified atom stereocenters. The lowest BCUT2D eigenvalue weighted by atomic mass is 10.1. The Balaban J connectivity index is 1.49. The van der Waals surface area contributed by atoms with Gasteiger partial charge in [0.25, 0.3) is 0 Å². The lowest BCUT2D eigenvalue weighted by Gasteiger charge is -2.26. The summed E-state index contributed by atoms with van der Waals surface area (Å²) in [5.41, 5.74) is 2.30. The van der Waals surface area contributed by atoms with Gasteiger partial charge in [0.05, 0.1) is 17.3 Å². The van der Waals surface area contributed by atoms with Crippen molar-refractivity contribution in [2.45, 2.75) is 31.5 Å². The van der Waals surface area contributed by atoms with Crippen LogP contribution >= 0.6 is 11.3 Å². The van der Waals surface area contributed by atoms with Gasteiger partial charge in [0.15, 0.2) is 0 Å². The Bertz CT molecular complexity index is 1160. The van der Waals surface area contributed by atoms with Gasteiger partial charge in [-0.1, -0.05) is 12.1 Å². The Labute approximate surface area is 192 Å². The molecule has 3 heterocycles. The minimum Gasteiger partial charge on any atom is -0.354 e. The highest BCUT2D eigenvalue weighted by Gasteiger charge is 2.38. The molecule has 1 aliphatic heterocycles. The summed E-state index contributed by atoms with van der Waals surface area (Å²) in [6.07, 6.45) is -2.91. The first-order valence-corrected chi connectivity index (χ1v) is 11.3. The smallest absolute Gasteiger partial charge is 0.354 e. The molecule has 1 N–H and O–H groups in total. The van der Waals surface area contributed by atoms with E-state index < -0.39 is 18.0 Å². The van der Waals surface area contributed by atoms with Gasteiger partial charge in [-0.15, -0.1) is 0 Å². The lowest BCUT2D eigenvalue weighted by molar-refractivity contribution is -0.144. The second-order valence-corrected chi connectivity index (χ2v) is 8.43. The van der Waals surface area contributed by atoms with Crippen LogP contribution in [0.15, 0.2) is 47.2 Å². The standard InChI is InChI=1S/C23H20F3N5OS/c24-23(25,26)22-29-18(17-8-11-33-14-17)12-20(30-22)31-10-1-2-19(31)21(32)28-9-7-15-3-5-16(13-27)6-4-15/h3-6,8,11-12,14,19H,1-2,7,9-10H2,(H,28,32). The summed E-state index contributed by atoms with van der Waals surface area (Å²) in [6, 6.07) is 11.8. The molecule has 1 fully saturated rings. The number of benzene rings is 1. The molecule has 1 atom stereocenters. The largest absolute Gasteiger partial charge is 0.451 e. The molecule has 3 aromatic rings. The second kappa shape index (κ2) is 9.58. The van der Waals surface area contributed by atoms with Crippen molar-refractivity contribution in [3.63, 3.8) is 0 Å². The maximum Gasteiger partial charge on any atom is 0.451 e. The zero-order valence-electron chi connectivity index (χ0n) is 17.5. The number of nitriles is 1. The SMILES string of the molecule is N#Cc1ccc(CCNC(=O)C2CCCN2c2cc(-c3ccsc3)nc(C(F)(F)F)n2)cc1. The molecule has 6 nitrogen and oxygen atoms in total. The van der Waals surface area contributed by atoms with Gasteiger partial charge >= 0.3 is 6.18 Å². The van der Waals surface area contributed by atoms with E-state index in [1.807, 2.05) is 12.1 Å². The molecular formula is C23H20F3N5OS. The number of alkyl halides is 3. The zero-order valence-corrected chi connectivity index (χ0v) is 18.3. The molecule has 0 aliphatic carbocycles. The first-order chi connectivity index (χ1) is 15.8. The molecule has 1 aliphatic rings. The van der Waals surface area contributed by atoms with Crippen LogP contribution in [0.25, 0.3) is 11.3 Å². The molecular weight excluding hydrogens is 451 g/mol. The van der Waals surface area contributed by atoms with E-state index in [0.717, 1.165) is 5.56 Å². The van der Waals surface area contributed by atoms with Gasteiger partial charge in [0, 0.05) is 30.1 Å². The minimum atomic E-state index is -4.70. The molecule has 10 heteroatoms. The van der Waals surface area contributed by atoms with Crippen molar-refractivity contribution in [2.24, 2.45) is 0 Å². The van der Waals surface area contributed by atoms with Gasteiger partial charge in [0.1, 0.15) is 11.9 Å². The number of amides is 1. The molecule has 170 valence electrons. The van der Waals surface area contributed by atoms with E-state index in [9.17, 15) is 18.0 Å². The number of hydrogen-bond donors (Lipinski definition) is 1. The normalized spacial score (nSPS) is 15.9. The first-order valence-electron chi connectivity index (χ1n) is 10.4. The average molecular weight is 472 g/mol. The summed E-state index contributed by atoms with van der Waals surface area (Å²) in [7, 11) is 0. The number of hydrogen-bond acceptors (Lipinski definition) is 6. The van der Waals surface area contributed by atoms with Crippen LogP contribution in [0.5, 0.6) is 0 Å². The highest BCUT2D eigenvalue weighted by Crippen LogP contribution is 2.33. The van der Waals surface area contributed by atoms with E-state index in [1.165, 1.54) is 17.4 Å². The van der Waals surface area contributed by atoms with Crippen molar-refractivity contribution in [3.8, 4) is 17.3 Å². The Morgan fingerprint density at radius 1 is 1.24 bits per heavy atom. The fourth-order valence-corrected chi connectivity index (χ4v) is 4.42. The van der Waals surface area contributed by atoms with Crippen LogP contribution in [0.4, 0.5) is 19.0 Å². The maximum atomic E-state index is 13.5. The quantitative estimate of drug-likeness (QED) is 0.576. The van der Waals surface area contributed by atoms with Crippen molar-refractivity contribution in [1.29, 1.82) is 5.26 Å². The molecule has 0 bridgehead atoms. The number of carbonyl (C=O) groups excluding carboxylic acids is 1. The van der Waals surface area contributed by atoms with Crippen LogP contribution in [0.3, 0.4) is 0 Å². The van der Waals surface area contributed by atoms with E-state index in [2.05, 4.69) is 21.4 Å². The van der Waals surface area contributed by atoms with Gasteiger partial charge in [-0.25, -0.2) is 9.97 Å². The van der Waals surface area contributed by atoms with E-state index in [0.29, 0.717) is 43.5 Å². The maximum absolute atomic E-state index is 13.5. The number of halogens is 3. The predicted octanol–water partition coefficient (Wildman–Crippen LogP) is 4.42. The van der Waals surface area contributed by atoms with Crippen molar-refractivity contribution in [2.75, 3.05) is 18.0 Å². The van der Waals surface area contributed by atoms with Crippen molar-refractivity contribution in [3.05, 3.63) is 64.1 Å². The Hall–Kier alpha value is -3.45. The van der Waals surface area contributed by atoms with Gasteiger partial charge in [0.2, 0.25) is 11.7 Å². The lowest BCUT2D eigenvalue weighted by Crippen LogP contribution is -2.44. The highest BCUT2D eigenvalue weighted by molar-refractivity contribution is 7.08. The summed E-state index contributed by atoms with van der Waals surface area (Å²) in [4.78, 5) is 22.0. The van der Waals surface area contributed by atoms with Gasteiger partial charge in [-0.3, -0.25) is 4.79 Å². The van der Waals surface area contributed by atoms with Gasteiger partial charge in [-0.05, 0) is 48.4 Å². The number of anilines is 1. The van der Waals surface area contributed by atoms with E-state index in [-0.39, 0.29) is 17.4 Å². The summed E-state index contributed by atoms with van der Waals surface area (Å²) < 4.78 is 40.4. The van der Waals surface area contributed by atoms with Crippen LogP contribution in [-0.4, -0.2) is 35.0 Å². The molecule has 1 saturated heterocycles. The van der Waals surface area contributed by atoms with Crippen LogP contribution in [-0.2, 0) is 17.4 Å². The molecule has 1 aromatic carbocycles. The predicted molar refractivity (Wildman–Crippen MR) is 119 cm³/mol. The molecule has 0 saturated carbocycles. The number of thiophene rings is 1. The third-order valence-electron chi connectivity index (χ3n) is 5.43. The Morgan fingerprint density at radius 2 is 2.03 bits per heavy atom. The van der Waals surface area contributed by atoms with Gasteiger partial charge < -0.3 is 10.2 Å². The number of aromatic nitrogens is 2. The van der Waals surface area contributed by atoms with Crippen LogP contribution < -0.4 is 10.2 Å². The number of nitrogens with one attached hydrogen (secondary N) is 1. The molecule has 2 aromatic heterocycles. The molecule has 0 spiro atoms. The number of carbonyl (C=O) groups is 1. The Kier molecular flexibility index (Phi) is 6.60. The summed E-state index contributed by atoms with van der Waals surface area (Å²) in [6.45, 7) is 0.817. The number of nitrogens with zero attached hydrogens (tertiary/aromatic N) is 4. The fourth-order valence-electron chi connectivity index (χ4n) is 3.77. The van der Waals surface area contributed by atoms with Crippen molar-refractivity contribution < 1.29 is 18.0 Å². The Morgan fingerprint density at radius 3 is 2.70 bits per heavy atom. The summed E-state index contributed by atoms with van der Waals surface area (Å²) >= 11 is 1.37. The van der Waals surface area contributed by atoms with E-state index >= 15 is 0 Å². The molecule has 4 rings (SSSR count). The average Bonchev–Trinajstić information content (AvgIpc) is 3.51. The fraction of sp³-hybridized carbons (Fsp3) is 0.304. The third-order valence-corrected chi connectivity index (χ3v) is 6.11. The molecule has 1 amide bonds. The summed E-state index contributed by atoms with van der Waals surface area (Å²) in [5.74, 6) is -1.36. The zero-order chi connectivity index (χ0) is 23.4. The topological polar surface area (TPSA) is 81.9 Å². The summed E-state index contributed by atoms with van der Waals surface area (Å²) in [5, 5.41) is 15.2. The van der Waals surface area contributed by atoms with Crippen molar-refractivity contribution in [1.82, 2.24) is 15.3 Å². The van der Waals surface area contributed by atoms with E-state index in [4.69, 9.17) is 5.26 Å². The van der Waals surface area contributed by atoms with Crippen LogP contribution in [0, 0.1) is 11.3 Å². The van der Waals surface area contributed by atoms with Gasteiger partial charge in [-0.2, -0.15) is 29.8 Å². The molecule has 0 radical (unpaired) electrons. The minimum absolute atomic E-state index is 0.100. The third kappa shape index (κ3) is 5.31.